The van der Waals surface area contributed by atoms with Crippen LogP contribution in [0.25, 0.3) is 0 Å². The zero-order valence-electron chi connectivity index (χ0n) is 12.5. The maximum Gasteiger partial charge on any atom is 0.210 e. The molecule has 0 aliphatic rings. The molecule has 2 aromatic rings. The van der Waals surface area contributed by atoms with E-state index in [4.69, 9.17) is 4.74 Å². The first-order valence-electron chi connectivity index (χ1n) is 7.05. The lowest BCUT2D eigenvalue weighted by Crippen LogP contribution is -2.11. The number of carbonyl (C=O) groups is 1. The van der Waals surface area contributed by atoms with Crippen LogP contribution in [0.15, 0.2) is 34.8 Å². The number of thiophene rings is 1. The summed E-state index contributed by atoms with van der Waals surface area (Å²) < 4.78 is 6.77. The number of benzene rings is 1. The third-order valence-electron chi connectivity index (χ3n) is 3.24. The van der Waals surface area contributed by atoms with Crippen molar-refractivity contribution in [3.05, 3.63) is 50.1 Å². The number of hydrogen-bond donors (Lipinski definition) is 0. The van der Waals surface area contributed by atoms with Gasteiger partial charge in [0.15, 0.2) is 6.61 Å². The lowest BCUT2D eigenvalue weighted by molar-refractivity contribution is 0.0924. The molecule has 0 amide bonds. The first-order valence-corrected chi connectivity index (χ1v) is 8.66. The number of aryl methyl sites for hydroxylation is 1. The first-order chi connectivity index (χ1) is 10.0. The molecule has 2 nitrogen and oxygen atoms in total. The van der Waals surface area contributed by atoms with Crippen molar-refractivity contribution in [2.75, 3.05) is 6.61 Å². The number of ether oxygens (including phenoxy) is 1. The van der Waals surface area contributed by atoms with Crippen molar-refractivity contribution < 1.29 is 9.53 Å². The standard InChI is InChI=1S/C17H19BrO2S/c1-4-13-6-8-17(21-13)15(19)10-20-16-7-5-12(18)9-14(16)11(2)3/h5-9,11H,4,10H2,1-3H3. The third kappa shape index (κ3) is 4.17. The van der Waals surface area contributed by atoms with Crippen molar-refractivity contribution in [2.45, 2.75) is 33.1 Å². The molecule has 4 heteroatoms. The Morgan fingerprint density at radius 2 is 2.05 bits per heavy atom. The quantitative estimate of drug-likeness (QED) is 0.634. The van der Waals surface area contributed by atoms with Gasteiger partial charge in [0.25, 0.3) is 0 Å². The molecule has 112 valence electrons. The van der Waals surface area contributed by atoms with Crippen LogP contribution in [0.5, 0.6) is 5.75 Å². The SMILES string of the molecule is CCc1ccc(C(=O)COc2ccc(Br)cc2C(C)C)s1. The minimum Gasteiger partial charge on any atom is -0.485 e. The monoisotopic (exact) mass is 366 g/mol. The summed E-state index contributed by atoms with van der Waals surface area (Å²) in [4.78, 5) is 14.2. The van der Waals surface area contributed by atoms with Crippen LogP contribution in [0.4, 0.5) is 0 Å². The lowest BCUT2D eigenvalue weighted by atomic mass is 10.0. The zero-order chi connectivity index (χ0) is 15.4. The summed E-state index contributed by atoms with van der Waals surface area (Å²) in [5, 5.41) is 0. The van der Waals surface area contributed by atoms with Gasteiger partial charge in [-0.15, -0.1) is 11.3 Å². The normalized spacial score (nSPS) is 10.9. The molecule has 1 aromatic heterocycles. The van der Waals surface area contributed by atoms with Crippen LogP contribution in [0.3, 0.4) is 0 Å². The summed E-state index contributed by atoms with van der Waals surface area (Å²) in [6, 6.07) is 9.80. The Kier molecular flexibility index (Phi) is 5.59. The summed E-state index contributed by atoms with van der Waals surface area (Å²) in [5.41, 5.74) is 1.11. The summed E-state index contributed by atoms with van der Waals surface area (Å²) >= 11 is 5.02. The van der Waals surface area contributed by atoms with E-state index < -0.39 is 0 Å². The van der Waals surface area contributed by atoms with Crippen LogP contribution < -0.4 is 4.74 Å². The molecule has 1 heterocycles. The molecule has 2 rings (SSSR count). The van der Waals surface area contributed by atoms with E-state index in [1.165, 1.54) is 4.88 Å². The summed E-state index contributed by atoms with van der Waals surface area (Å²) in [5.74, 6) is 1.17. The Labute approximate surface area is 138 Å². The molecular formula is C17H19BrO2S. The molecule has 0 radical (unpaired) electrons. The van der Waals surface area contributed by atoms with Crippen LogP contribution in [-0.4, -0.2) is 12.4 Å². The second-order valence-electron chi connectivity index (χ2n) is 5.17. The van der Waals surface area contributed by atoms with Gasteiger partial charge in [-0.2, -0.15) is 0 Å². The van der Waals surface area contributed by atoms with Crippen LogP contribution in [0, 0.1) is 0 Å². The molecule has 0 spiro atoms. The maximum atomic E-state index is 12.2. The average Bonchev–Trinajstić information content (AvgIpc) is 2.94. The summed E-state index contributed by atoms with van der Waals surface area (Å²) in [6.07, 6.45) is 0.961. The van der Waals surface area contributed by atoms with Crippen LogP contribution >= 0.6 is 27.3 Å². The fourth-order valence-electron chi connectivity index (χ4n) is 2.03. The van der Waals surface area contributed by atoms with Gasteiger partial charge >= 0.3 is 0 Å². The highest BCUT2D eigenvalue weighted by Gasteiger charge is 2.13. The van der Waals surface area contributed by atoms with Crippen LogP contribution in [-0.2, 0) is 6.42 Å². The highest BCUT2D eigenvalue weighted by molar-refractivity contribution is 9.10. The smallest absolute Gasteiger partial charge is 0.210 e. The highest BCUT2D eigenvalue weighted by atomic mass is 79.9. The van der Waals surface area contributed by atoms with Crippen molar-refractivity contribution in [1.29, 1.82) is 0 Å². The molecular weight excluding hydrogens is 348 g/mol. The number of halogens is 1. The molecule has 0 saturated heterocycles. The fourth-order valence-corrected chi connectivity index (χ4v) is 3.28. The van der Waals surface area contributed by atoms with Crippen molar-refractivity contribution >= 4 is 33.0 Å². The van der Waals surface area contributed by atoms with E-state index in [2.05, 4.69) is 36.7 Å². The minimum atomic E-state index is 0.0392. The molecule has 0 saturated carbocycles. The van der Waals surface area contributed by atoms with Gasteiger partial charge in [0.2, 0.25) is 5.78 Å². The Morgan fingerprint density at radius 3 is 2.67 bits per heavy atom. The summed E-state index contributed by atoms with van der Waals surface area (Å²) in [6.45, 7) is 6.41. The van der Waals surface area contributed by atoms with E-state index >= 15 is 0 Å². The molecule has 0 aliphatic heterocycles. The number of carbonyl (C=O) groups excluding carboxylic acids is 1. The minimum absolute atomic E-state index is 0.0392. The average molecular weight is 367 g/mol. The van der Waals surface area contributed by atoms with Gasteiger partial charge in [0.05, 0.1) is 4.88 Å². The van der Waals surface area contributed by atoms with Gasteiger partial charge < -0.3 is 4.74 Å². The van der Waals surface area contributed by atoms with Gasteiger partial charge in [0, 0.05) is 9.35 Å². The van der Waals surface area contributed by atoms with Crippen LogP contribution in [0.2, 0.25) is 0 Å². The van der Waals surface area contributed by atoms with Crippen molar-refractivity contribution in [3.8, 4) is 5.75 Å². The van der Waals surface area contributed by atoms with E-state index in [0.717, 1.165) is 27.1 Å². The molecule has 0 fully saturated rings. The first kappa shape index (κ1) is 16.2. The number of ketones is 1. The molecule has 21 heavy (non-hydrogen) atoms. The molecule has 0 unspecified atom stereocenters. The molecule has 0 N–H and O–H groups in total. The zero-order valence-corrected chi connectivity index (χ0v) is 14.9. The van der Waals surface area contributed by atoms with E-state index in [1.807, 2.05) is 30.3 Å². The van der Waals surface area contributed by atoms with E-state index in [1.54, 1.807) is 11.3 Å². The van der Waals surface area contributed by atoms with Crippen molar-refractivity contribution in [1.82, 2.24) is 0 Å². The predicted octanol–water partition coefficient (Wildman–Crippen LogP) is 5.46. The van der Waals surface area contributed by atoms with Crippen molar-refractivity contribution in [2.24, 2.45) is 0 Å². The van der Waals surface area contributed by atoms with E-state index in [9.17, 15) is 4.79 Å². The van der Waals surface area contributed by atoms with Gasteiger partial charge in [-0.25, -0.2) is 0 Å². The van der Waals surface area contributed by atoms with Gasteiger partial charge in [-0.05, 0) is 48.2 Å². The second-order valence-corrected chi connectivity index (χ2v) is 7.25. The third-order valence-corrected chi connectivity index (χ3v) is 5.00. The topological polar surface area (TPSA) is 26.3 Å². The lowest BCUT2D eigenvalue weighted by Gasteiger charge is -2.13. The Balaban J connectivity index is 2.07. The number of hydrogen-bond acceptors (Lipinski definition) is 3. The Morgan fingerprint density at radius 1 is 1.29 bits per heavy atom. The van der Waals surface area contributed by atoms with Crippen LogP contribution in [0.1, 0.15) is 46.8 Å². The maximum absolute atomic E-state index is 12.2. The van der Waals surface area contributed by atoms with E-state index in [-0.39, 0.29) is 12.4 Å². The molecule has 1 aromatic carbocycles. The molecule has 0 aliphatic carbocycles. The van der Waals surface area contributed by atoms with Gasteiger partial charge in [-0.3, -0.25) is 4.79 Å². The Bertz CT molecular complexity index is 631. The second kappa shape index (κ2) is 7.23. The van der Waals surface area contributed by atoms with Gasteiger partial charge in [-0.1, -0.05) is 36.7 Å². The van der Waals surface area contributed by atoms with E-state index in [0.29, 0.717) is 5.92 Å². The predicted molar refractivity (Wildman–Crippen MR) is 91.8 cm³/mol. The van der Waals surface area contributed by atoms with Gasteiger partial charge in [0.1, 0.15) is 5.75 Å². The number of Topliss-reactive ketones (excluding diaryl/α,β-unsaturated/α-hetero) is 1. The largest absolute Gasteiger partial charge is 0.485 e. The molecule has 0 bridgehead atoms. The highest BCUT2D eigenvalue weighted by Crippen LogP contribution is 2.29. The summed E-state index contributed by atoms with van der Waals surface area (Å²) in [7, 11) is 0. The number of rotatable bonds is 6. The van der Waals surface area contributed by atoms with Crippen molar-refractivity contribution in [3.63, 3.8) is 0 Å². The Hall–Kier alpha value is -1.13. The molecule has 0 atom stereocenters. The fraction of sp³-hybridized carbons (Fsp3) is 0.353.